The van der Waals surface area contributed by atoms with Crippen molar-refractivity contribution in [3.63, 3.8) is 0 Å². The normalized spacial score (nSPS) is 16.0. The van der Waals surface area contributed by atoms with Gasteiger partial charge in [0.2, 0.25) is 11.7 Å². The second-order valence-corrected chi connectivity index (χ2v) is 14.7. The van der Waals surface area contributed by atoms with Crippen LogP contribution in [0.25, 0.3) is 16.7 Å². The van der Waals surface area contributed by atoms with Gasteiger partial charge in [0.05, 0.1) is 73.5 Å². The van der Waals surface area contributed by atoms with Crippen LogP contribution in [-0.4, -0.2) is 80.4 Å². The van der Waals surface area contributed by atoms with Crippen LogP contribution in [0.15, 0.2) is 173 Å². The Bertz CT molecular complexity index is 3100. The van der Waals surface area contributed by atoms with Crippen molar-refractivity contribution in [3.8, 4) is 0 Å². The molecule has 326 valence electrons. The quantitative estimate of drug-likeness (QED) is 0.0714. The van der Waals surface area contributed by atoms with Crippen LogP contribution in [0.4, 0.5) is 0 Å². The van der Waals surface area contributed by atoms with Crippen LogP contribution >= 0.6 is 0 Å². The van der Waals surface area contributed by atoms with Gasteiger partial charge in [0.1, 0.15) is 5.71 Å². The van der Waals surface area contributed by atoms with Gasteiger partial charge in [0.25, 0.3) is 0 Å². The molecule has 1 amide bonds. The molecule has 0 fully saturated rings. The Balaban J connectivity index is 1.26. The van der Waals surface area contributed by atoms with Crippen molar-refractivity contribution in [2.75, 3.05) is 28.4 Å². The van der Waals surface area contributed by atoms with Crippen LogP contribution in [-0.2, 0) is 23.7 Å². The maximum absolute atomic E-state index is 13.7. The van der Waals surface area contributed by atoms with Gasteiger partial charge in [-0.25, -0.2) is 29.2 Å². The molecule has 3 aliphatic rings. The third-order valence-electron chi connectivity index (χ3n) is 10.8. The summed E-state index contributed by atoms with van der Waals surface area (Å²) in [5.74, 6) is -2.70. The summed E-state index contributed by atoms with van der Waals surface area (Å²) < 4.78 is 19.6. The van der Waals surface area contributed by atoms with E-state index >= 15 is 0 Å². The number of carbonyl (C=O) groups is 6. The highest BCUT2D eigenvalue weighted by atomic mass is 16.5. The molecule has 4 aromatic carbocycles. The number of hydrogen-bond acceptors (Lipinski definition) is 12. The number of aromatic amines is 1. The monoisotopic (exact) mass is 878 g/mol. The molecule has 0 saturated heterocycles. The lowest BCUT2D eigenvalue weighted by atomic mass is 9.97. The van der Waals surface area contributed by atoms with E-state index in [4.69, 9.17) is 28.9 Å². The van der Waals surface area contributed by atoms with Crippen LogP contribution in [0.1, 0.15) is 79.9 Å². The predicted molar refractivity (Wildman–Crippen MR) is 246 cm³/mol. The fourth-order valence-corrected chi connectivity index (χ4v) is 7.50. The summed E-state index contributed by atoms with van der Waals surface area (Å²) in [5.41, 5.74) is 8.89. The Morgan fingerprint density at radius 3 is 1.12 bits per heavy atom. The van der Waals surface area contributed by atoms with Crippen molar-refractivity contribution in [2.24, 2.45) is 9.98 Å². The number of nitrogens with one attached hydrogen (secondary N) is 2. The van der Waals surface area contributed by atoms with Crippen molar-refractivity contribution in [1.82, 2.24) is 10.3 Å². The average molecular weight is 879 g/mol. The van der Waals surface area contributed by atoms with Gasteiger partial charge in [-0.1, -0.05) is 48.5 Å². The molecular weight excluding hydrogens is 841 g/mol. The zero-order valence-electron chi connectivity index (χ0n) is 35.8. The lowest BCUT2D eigenvalue weighted by Gasteiger charge is -2.13. The number of benzene rings is 4. The molecule has 0 bridgehead atoms. The number of hydrogen-bond donors (Lipinski definition) is 2. The second kappa shape index (κ2) is 18.7. The average Bonchev–Trinajstić information content (AvgIpc) is 4.22. The van der Waals surface area contributed by atoms with Gasteiger partial charge in [-0.2, -0.15) is 0 Å². The molecule has 2 N–H and O–H groups in total. The van der Waals surface area contributed by atoms with E-state index in [1.165, 1.54) is 58.8 Å². The van der Waals surface area contributed by atoms with Crippen molar-refractivity contribution < 1.29 is 47.7 Å². The highest BCUT2D eigenvalue weighted by Crippen LogP contribution is 2.37. The Morgan fingerprint density at radius 1 is 0.394 bits per heavy atom. The van der Waals surface area contributed by atoms with E-state index in [1.807, 2.05) is 24.3 Å². The molecule has 4 heterocycles. The van der Waals surface area contributed by atoms with Gasteiger partial charge >= 0.3 is 23.9 Å². The molecule has 14 nitrogen and oxygen atoms in total. The molecular formula is C52H38N4O10. The van der Waals surface area contributed by atoms with E-state index in [0.717, 1.165) is 0 Å². The second-order valence-electron chi connectivity index (χ2n) is 14.7. The van der Waals surface area contributed by atoms with Gasteiger partial charge in [-0.3, -0.25) is 9.59 Å². The fourth-order valence-electron chi connectivity index (χ4n) is 7.50. The highest BCUT2D eigenvalue weighted by Gasteiger charge is 2.25. The van der Waals surface area contributed by atoms with E-state index < -0.39 is 23.9 Å². The van der Waals surface area contributed by atoms with Crippen molar-refractivity contribution in [3.05, 3.63) is 219 Å². The molecule has 0 radical (unpaired) electrons. The summed E-state index contributed by atoms with van der Waals surface area (Å²) in [5, 5.41) is 2.88. The molecule has 3 aliphatic heterocycles. The standard InChI is InChI=1S/C52H38N4O10/c1-63-49(59)33-13-5-29(6-14-33)45(38-23-24-40(54-38)47(42-27-28-44(57)56-42)31-9-17-35(18-10-31)51(61)65-3)37-21-22-39(53-37)46(30-7-15-34(16-8-30)50(60)64-2)41-25-26-43(55-41)48(58)32-11-19-36(20-12-32)52(62)66-4/h5-28,53H,1-4H3,(H,56,57)/b45-38-,46-41-,47-42-. The van der Waals surface area contributed by atoms with Crippen molar-refractivity contribution in [2.45, 2.75) is 0 Å². The van der Waals surface area contributed by atoms with Crippen molar-refractivity contribution >= 4 is 63.7 Å². The summed E-state index contributed by atoms with van der Waals surface area (Å²) in [6, 6.07) is 30.3. The van der Waals surface area contributed by atoms with E-state index in [9.17, 15) is 28.8 Å². The third-order valence-corrected chi connectivity index (χ3v) is 10.8. The molecule has 1 aromatic heterocycles. The molecule has 0 atom stereocenters. The Labute approximate surface area is 377 Å². The smallest absolute Gasteiger partial charge is 0.337 e. The maximum atomic E-state index is 13.7. The number of ether oxygens (including phenoxy) is 4. The zero-order chi connectivity index (χ0) is 46.5. The summed E-state index contributed by atoms with van der Waals surface area (Å²) in [4.78, 5) is 88.8. The maximum Gasteiger partial charge on any atom is 0.337 e. The molecule has 8 rings (SSSR count). The minimum atomic E-state index is -0.527. The SMILES string of the molecule is COC(=O)c1ccc(C(=O)C2=N/C(=C(/c3ccc(C(=O)OC)cc3)c3ccc(/C(=C4/C=CC(C(=C5/C=CC(=O)N5)/c5ccc(C(=O)OC)cc5)=N4)c4ccc(C(=O)OC)cc4)[nH]3)C=C2)cc1. The lowest BCUT2D eigenvalue weighted by Crippen LogP contribution is -2.16. The van der Waals surface area contributed by atoms with E-state index in [1.54, 1.807) is 91.0 Å². The van der Waals surface area contributed by atoms with Crippen LogP contribution in [0.5, 0.6) is 0 Å². The molecule has 5 aromatic rings. The number of rotatable bonds is 12. The van der Waals surface area contributed by atoms with Gasteiger partial charge in [-0.15, -0.1) is 0 Å². The Morgan fingerprint density at radius 2 is 0.742 bits per heavy atom. The van der Waals surface area contributed by atoms with Gasteiger partial charge < -0.3 is 29.2 Å². The van der Waals surface area contributed by atoms with Crippen molar-refractivity contribution in [1.29, 1.82) is 0 Å². The largest absolute Gasteiger partial charge is 0.465 e. The number of amides is 1. The van der Waals surface area contributed by atoms with Crippen LogP contribution in [0, 0.1) is 0 Å². The summed E-state index contributed by atoms with van der Waals surface area (Å²) in [7, 11) is 5.19. The first-order valence-corrected chi connectivity index (χ1v) is 20.2. The minimum Gasteiger partial charge on any atom is -0.465 e. The number of allylic oxidation sites excluding steroid dienone is 6. The number of Topliss-reactive ketones (excluding diaryl/α,β-unsaturated/α-hetero) is 1. The minimum absolute atomic E-state index is 0.163. The molecule has 0 saturated carbocycles. The fraction of sp³-hybridized carbons (Fsp3) is 0.0769. The van der Waals surface area contributed by atoms with Crippen LogP contribution in [0.3, 0.4) is 0 Å². The summed E-state index contributed by atoms with van der Waals surface area (Å²) in [6.07, 6.45) is 10.1. The molecule has 0 unspecified atom stereocenters. The molecule has 14 heteroatoms. The zero-order valence-corrected chi connectivity index (χ0v) is 35.8. The predicted octanol–water partition coefficient (Wildman–Crippen LogP) is 7.68. The molecule has 0 aliphatic carbocycles. The number of nitrogens with zero attached hydrogens (tertiary/aromatic N) is 2. The molecule has 0 spiro atoms. The first-order valence-electron chi connectivity index (χ1n) is 20.2. The summed E-state index contributed by atoms with van der Waals surface area (Å²) in [6.45, 7) is 0. The molecule has 66 heavy (non-hydrogen) atoms. The van der Waals surface area contributed by atoms with E-state index in [0.29, 0.717) is 95.4 Å². The van der Waals surface area contributed by atoms with E-state index in [-0.39, 0.29) is 17.4 Å². The topological polar surface area (TPSA) is 192 Å². The summed E-state index contributed by atoms with van der Waals surface area (Å²) >= 11 is 0. The van der Waals surface area contributed by atoms with Crippen LogP contribution in [0.2, 0.25) is 0 Å². The van der Waals surface area contributed by atoms with Gasteiger partial charge in [-0.05, 0) is 108 Å². The number of carbonyl (C=O) groups excluding carboxylic acids is 6. The highest BCUT2D eigenvalue weighted by molar-refractivity contribution is 6.50. The number of aliphatic imine (C=N–C) groups is 2. The number of aromatic nitrogens is 1. The number of H-pyrrole nitrogens is 1. The van der Waals surface area contributed by atoms with Gasteiger partial charge in [0, 0.05) is 39.7 Å². The first-order chi connectivity index (χ1) is 32.0. The Kier molecular flexibility index (Phi) is 12.4. The number of methoxy groups -OCH3 is 4. The first kappa shape index (κ1) is 43.6. The number of ketones is 1. The Hall–Kier alpha value is -9.04. The van der Waals surface area contributed by atoms with Gasteiger partial charge in [0.15, 0.2) is 0 Å². The van der Waals surface area contributed by atoms with E-state index in [2.05, 4.69) is 10.3 Å². The van der Waals surface area contributed by atoms with Crippen LogP contribution < -0.4 is 5.32 Å². The third kappa shape index (κ3) is 8.79. The lowest BCUT2D eigenvalue weighted by molar-refractivity contribution is -0.115. The number of esters is 4.